The van der Waals surface area contributed by atoms with Gasteiger partial charge in [-0.25, -0.2) is 9.97 Å². The van der Waals surface area contributed by atoms with Crippen molar-refractivity contribution in [3.05, 3.63) is 89.1 Å². The van der Waals surface area contributed by atoms with Crippen LogP contribution >= 0.6 is 11.3 Å². The van der Waals surface area contributed by atoms with Gasteiger partial charge in [0.1, 0.15) is 6.33 Å². The third kappa shape index (κ3) is 6.68. The molecule has 0 spiro atoms. The molecule has 44 heavy (non-hydrogen) atoms. The van der Waals surface area contributed by atoms with Crippen molar-refractivity contribution in [2.75, 3.05) is 0 Å². The van der Waals surface area contributed by atoms with E-state index in [0.29, 0.717) is 17.5 Å². The molecular weight excluding hydrogens is 747 g/mol. The predicted octanol–water partition coefficient (Wildman–Crippen LogP) is 10.0. The van der Waals surface area contributed by atoms with Gasteiger partial charge in [0.05, 0.1) is 16.9 Å². The molecule has 6 rings (SSSR count). The van der Waals surface area contributed by atoms with E-state index in [4.69, 9.17) is 14.5 Å². The van der Waals surface area contributed by atoms with Gasteiger partial charge in [-0.15, -0.1) is 29.0 Å². The number of carbonyl (C=O) groups excluding carboxylic acids is 1. The van der Waals surface area contributed by atoms with Crippen LogP contribution in [0.3, 0.4) is 0 Å². The number of benzene rings is 2. The molecule has 0 fully saturated rings. The fourth-order valence-electron chi connectivity index (χ4n) is 5.38. The number of fused-ring (bicyclic) bond motifs is 4. The van der Waals surface area contributed by atoms with Crippen LogP contribution in [0.2, 0.25) is 0 Å². The number of hydrogen-bond acceptors (Lipinski definition) is 7. The number of carbonyl (C=O) groups is 1. The number of aromatic nitrogens is 3. The second-order valence-corrected chi connectivity index (χ2v) is 12.6. The predicted molar refractivity (Wildman–Crippen MR) is 177 cm³/mol. The molecule has 2 aromatic carbocycles. The number of thiophene rings is 1. The normalized spacial score (nSPS) is 11.7. The standard InChI is InChI=1S/C31H28N3OS.C5H8O2.Ir/c1-16(2)20-8-7-9-21(17(3)4)27(20)26-14-25-30(36-26)28(33-15-32-25)24-13-18(5)12-23-22-11-10-19(6)34-31(22)35-29(23)24;1-4(6)3-5(2)7;/h7-12,14-17H,1-6H3;3,6H,1-2H3;/q-1;;/b;4-3-;. The SMILES string of the molecule is CC(=O)/C=C(/C)O.Cc1[c-]c(-c2ncnc3cc(-c4c(C(C)C)cccc4C(C)C)sc23)c2oc3nc(C)ccc3c2c1.[Ir]. The largest absolute Gasteiger partial charge is 0.512 e. The zero-order chi connectivity index (χ0) is 31.0. The van der Waals surface area contributed by atoms with Gasteiger partial charge in [0.2, 0.25) is 5.71 Å². The summed E-state index contributed by atoms with van der Waals surface area (Å²) in [6.07, 6.45) is 2.82. The van der Waals surface area contributed by atoms with Crippen molar-refractivity contribution in [1.82, 2.24) is 15.0 Å². The summed E-state index contributed by atoms with van der Waals surface area (Å²) < 4.78 is 7.37. The van der Waals surface area contributed by atoms with Crippen molar-refractivity contribution in [3.63, 3.8) is 0 Å². The third-order valence-corrected chi connectivity index (χ3v) is 8.37. The van der Waals surface area contributed by atoms with E-state index in [-0.39, 0.29) is 31.6 Å². The van der Waals surface area contributed by atoms with Crippen molar-refractivity contribution in [2.24, 2.45) is 0 Å². The number of aliphatic hydroxyl groups excluding tert-OH is 1. The quantitative estimate of drug-likeness (QED) is 0.106. The molecule has 0 saturated heterocycles. The average Bonchev–Trinajstić information content (AvgIpc) is 3.52. The van der Waals surface area contributed by atoms with Gasteiger partial charge in [-0.05, 0) is 67.5 Å². The van der Waals surface area contributed by atoms with E-state index in [1.165, 1.54) is 41.5 Å². The van der Waals surface area contributed by atoms with Crippen LogP contribution in [0.5, 0.6) is 0 Å². The molecule has 8 heteroatoms. The van der Waals surface area contributed by atoms with Gasteiger partial charge in [-0.3, -0.25) is 9.78 Å². The molecule has 1 radical (unpaired) electrons. The minimum absolute atomic E-state index is 0. The van der Waals surface area contributed by atoms with E-state index in [1.54, 1.807) is 17.7 Å². The first-order chi connectivity index (χ1) is 20.4. The van der Waals surface area contributed by atoms with E-state index in [2.05, 4.69) is 87.1 Å². The van der Waals surface area contributed by atoms with Crippen molar-refractivity contribution in [1.29, 1.82) is 0 Å². The fourth-order valence-corrected chi connectivity index (χ4v) is 6.57. The molecule has 229 valence electrons. The summed E-state index contributed by atoms with van der Waals surface area (Å²) in [7, 11) is 0. The Morgan fingerprint density at radius 3 is 2.25 bits per heavy atom. The molecule has 4 heterocycles. The van der Waals surface area contributed by atoms with Gasteiger partial charge < -0.3 is 9.52 Å². The Morgan fingerprint density at radius 1 is 0.977 bits per heavy atom. The number of aliphatic hydroxyl groups is 1. The average molecular weight is 783 g/mol. The molecule has 0 saturated carbocycles. The maximum atomic E-state index is 10.0. The second-order valence-electron chi connectivity index (χ2n) is 11.5. The maximum Gasteiger partial charge on any atom is 0.216 e. The van der Waals surface area contributed by atoms with Crippen LogP contribution < -0.4 is 0 Å². The van der Waals surface area contributed by atoms with Crippen molar-refractivity contribution >= 4 is 49.4 Å². The number of allylic oxidation sites excluding steroid dienone is 2. The van der Waals surface area contributed by atoms with Crippen LogP contribution in [0, 0.1) is 19.9 Å². The minimum atomic E-state index is -0.125. The molecule has 0 aliphatic heterocycles. The smallest absolute Gasteiger partial charge is 0.216 e. The van der Waals surface area contributed by atoms with Gasteiger partial charge in [-0.2, -0.15) is 0 Å². The molecule has 0 unspecified atom stereocenters. The summed E-state index contributed by atoms with van der Waals surface area (Å²) in [5.41, 5.74) is 10.1. The monoisotopic (exact) mass is 783 g/mol. The Labute approximate surface area is 275 Å². The number of nitrogens with zero attached hydrogens (tertiary/aromatic N) is 3. The van der Waals surface area contributed by atoms with Gasteiger partial charge in [0.15, 0.2) is 5.78 Å². The first-order valence-electron chi connectivity index (χ1n) is 14.4. The summed E-state index contributed by atoms with van der Waals surface area (Å²) in [5.74, 6) is 0.781. The van der Waals surface area contributed by atoms with Crippen LogP contribution in [-0.4, -0.2) is 25.8 Å². The number of pyridine rings is 1. The van der Waals surface area contributed by atoms with Crippen molar-refractivity contribution in [3.8, 4) is 21.7 Å². The maximum absolute atomic E-state index is 10.0. The van der Waals surface area contributed by atoms with E-state index in [0.717, 1.165) is 49.1 Å². The van der Waals surface area contributed by atoms with Crippen LogP contribution in [0.1, 0.15) is 75.8 Å². The molecule has 0 aliphatic carbocycles. The molecule has 1 N–H and O–H groups in total. The van der Waals surface area contributed by atoms with Gasteiger partial charge >= 0.3 is 0 Å². The topological polar surface area (TPSA) is 89.1 Å². The van der Waals surface area contributed by atoms with Gasteiger partial charge in [-0.1, -0.05) is 63.8 Å². The summed E-state index contributed by atoms with van der Waals surface area (Å²) in [5, 5.41) is 10.4. The Morgan fingerprint density at radius 2 is 1.66 bits per heavy atom. The number of hydrogen-bond donors (Lipinski definition) is 1. The Bertz CT molecular complexity index is 1990. The summed E-state index contributed by atoms with van der Waals surface area (Å²) >= 11 is 1.76. The van der Waals surface area contributed by atoms with Gasteiger partial charge in [0.25, 0.3) is 0 Å². The molecule has 0 bridgehead atoms. The zero-order valence-corrected chi connectivity index (χ0v) is 29.4. The van der Waals surface area contributed by atoms with Crippen LogP contribution in [0.4, 0.5) is 0 Å². The fraction of sp³-hybridized carbons (Fsp3) is 0.278. The molecule has 6 aromatic rings. The van der Waals surface area contributed by atoms with E-state index in [1.807, 2.05) is 13.0 Å². The van der Waals surface area contributed by atoms with Crippen molar-refractivity contribution in [2.45, 2.75) is 67.2 Å². The molecule has 0 atom stereocenters. The molecule has 0 amide bonds. The Hall–Kier alpha value is -3.71. The molecule has 6 nitrogen and oxygen atoms in total. The second kappa shape index (κ2) is 13.5. The Balaban J connectivity index is 0.000000497. The summed E-state index contributed by atoms with van der Waals surface area (Å²) in [6.45, 7) is 15.9. The summed E-state index contributed by atoms with van der Waals surface area (Å²) in [4.78, 5) is 25.3. The van der Waals surface area contributed by atoms with Gasteiger partial charge in [0, 0.05) is 52.5 Å². The molecular formula is C36H36IrN3O3S-. The van der Waals surface area contributed by atoms with E-state index in [9.17, 15) is 4.79 Å². The molecule has 0 aliphatic rings. The first-order valence-corrected chi connectivity index (χ1v) is 15.2. The minimum Gasteiger partial charge on any atom is -0.512 e. The third-order valence-electron chi connectivity index (χ3n) is 7.22. The van der Waals surface area contributed by atoms with Crippen LogP contribution in [0.15, 0.2) is 65.0 Å². The van der Waals surface area contributed by atoms with Crippen LogP contribution in [-0.2, 0) is 24.9 Å². The molecule has 4 aromatic heterocycles. The first kappa shape index (κ1) is 33.2. The van der Waals surface area contributed by atoms with Crippen LogP contribution in [0.25, 0.3) is 54.0 Å². The summed E-state index contributed by atoms with van der Waals surface area (Å²) in [6, 6.07) is 18.7. The number of rotatable bonds is 5. The van der Waals surface area contributed by atoms with Crippen molar-refractivity contribution < 1.29 is 34.4 Å². The van der Waals surface area contributed by atoms with E-state index < -0.39 is 0 Å². The zero-order valence-electron chi connectivity index (χ0n) is 26.2. The number of ketones is 1. The Kier molecular flexibility index (Phi) is 10.2. The van der Waals surface area contributed by atoms with E-state index >= 15 is 0 Å². The number of furan rings is 1. The number of aryl methyl sites for hydroxylation is 2.